The smallest absolute Gasteiger partial charge is 0.123 e. The van der Waals surface area contributed by atoms with Gasteiger partial charge in [-0.2, -0.15) is 11.8 Å². The van der Waals surface area contributed by atoms with Crippen LogP contribution in [-0.4, -0.2) is 49.7 Å². The summed E-state index contributed by atoms with van der Waals surface area (Å²) in [5, 5.41) is 3.68. The predicted octanol–water partition coefficient (Wildman–Crippen LogP) is 2.78. The maximum Gasteiger partial charge on any atom is 0.123 e. The van der Waals surface area contributed by atoms with Crippen LogP contribution in [0.5, 0.6) is 5.75 Å². The van der Waals surface area contributed by atoms with E-state index in [-0.39, 0.29) is 0 Å². The highest BCUT2D eigenvalue weighted by atomic mass is 32.2. The molecule has 0 amide bonds. The highest BCUT2D eigenvalue weighted by Crippen LogP contribution is 2.26. The first-order chi connectivity index (χ1) is 9.85. The number of ether oxygens (including phenoxy) is 1. The van der Waals surface area contributed by atoms with Crippen molar-refractivity contribution >= 4 is 11.8 Å². The van der Waals surface area contributed by atoms with Crippen molar-refractivity contribution in [3.05, 3.63) is 29.8 Å². The molecule has 0 spiro atoms. The van der Waals surface area contributed by atoms with Gasteiger partial charge in [0.05, 0.1) is 7.11 Å². The van der Waals surface area contributed by atoms with E-state index in [0.29, 0.717) is 6.04 Å². The van der Waals surface area contributed by atoms with Crippen LogP contribution in [0.1, 0.15) is 24.9 Å². The molecular formula is C16H26N2OS. The van der Waals surface area contributed by atoms with Crippen LogP contribution in [0.2, 0.25) is 0 Å². The maximum atomic E-state index is 5.47. The fourth-order valence-corrected chi connectivity index (χ4v) is 3.63. The lowest BCUT2D eigenvalue weighted by molar-refractivity contribution is 0.293. The van der Waals surface area contributed by atoms with Crippen molar-refractivity contribution in [2.45, 2.75) is 19.4 Å². The summed E-state index contributed by atoms with van der Waals surface area (Å²) in [5.41, 5.74) is 1.27. The van der Waals surface area contributed by atoms with Gasteiger partial charge < -0.3 is 15.0 Å². The Labute approximate surface area is 127 Å². The zero-order chi connectivity index (χ0) is 14.2. The Balaban J connectivity index is 1.85. The first-order valence-corrected chi connectivity index (χ1v) is 8.67. The number of hydrogen-bond acceptors (Lipinski definition) is 4. The lowest BCUT2D eigenvalue weighted by atomic mass is 10.0. The molecule has 1 atom stereocenters. The molecule has 0 aliphatic carbocycles. The van der Waals surface area contributed by atoms with Crippen molar-refractivity contribution in [2.75, 3.05) is 44.8 Å². The Morgan fingerprint density at radius 1 is 1.30 bits per heavy atom. The van der Waals surface area contributed by atoms with Crippen molar-refractivity contribution in [2.24, 2.45) is 0 Å². The van der Waals surface area contributed by atoms with Crippen molar-refractivity contribution in [1.82, 2.24) is 10.2 Å². The molecule has 2 rings (SSSR count). The van der Waals surface area contributed by atoms with Gasteiger partial charge in [0.1, 0.15) is 5.75 Å². The number of nitrogens with one attached hydrogen (secondary N) is 1. The summed E-state index contributed by atoms with van der Waals surface area (Å²) in [6.07, 6.45) is 1.08. The Morgan fingerprint density at radius 2 is 2.05 bits per heavy atom. The summed E-state index contributed by atoms with van der Waals surface area (Å²) >= 11 is 2.07. The van der Waals surface area contributed by atoms with Crippen molar-refractivity contribution < 1.29 is 4.74 Å². The number of methoxy groups -OCH3 is 1. The van der Waals surface area contributed by atoms with Crippen LogP contribution in [0.4, 0.5) is 0 Å². The molecule has 1 N–H and O–H groups in total. The summed E-state index contributed by atoms with van der Waals surface area (Å²) in [4.78, 5) is 2.55. The topological polar surface area (TPSA) is 24.5 Å². The molecule has 1 fully saturated rings. The summed E-state index contributed by atoms with van der Waals surface area (Å²) in [5.74, 6) is 3.55. The van der Waals surface area contributed by atoms with Crippen LogP contribution in [0.25, 0.3) is 0 Å². The van der Waals surface area contributed by atoms with Gasteiger partial charge >= 0.3 is 0 Å². The fourth-order valence-electron chi connectivity index (χ4n) is 2.65. The van der Waals surface area contributed by atoms with Crippen molar-refractivity contribution in [3.8, 4) is 5.75 Å². The quantitative estimate of drug-likeness (QED) is 0.836. The molecule has 1 saturated heterocycles. The number of rotatable bonds is 7. The number of benzene rings is 1. The zero-order valence-corrected chi connectivity index (χ0v) is 13.4. The first-order valence-electron chi connectivity index (χ1n) is 7.51. The van der Waals surface area contributed by atoms with E-state index in [2.05, 4.69) is 41.0 Å². The van der Waals surface area contributed by atoms with Crippen LogP contribution >= 0.6 is 11.8 Å². The van der Waals surface area contributed by atoms with E-state index in [9.17, 15) is 0 Å². The standard InChI is InChI=1S/C16H26N2OS/c1-3-15(14-6-4-5-7-16(14)19-2)17-8-9-18-10-12-20-13-11-18/h4-7,15,17H,3,8-13H2,1-2H3. The zero-order valence-electron chi connectivity index (χ0n) is 12.6. The van der Waals surface area contributed by atoms with Gasteiger partial charge in [-0.1, -0.05) is 25.1 Å². The minimum Gasteiger partial charge on any atom is -0.496 e. The van der Waals surface area contributed by atoms with E-state index in [1.165, 1.54) is 30.2 Å². The Bertz CT molecular complexity index is 394. The molecule has 1 heterocycles. The van der Waals surface area contributed by atoms with Gasteiger partial charge in [0.25, 0.3) is 0 Å². The molecular weight excluding hydrogens is 268 g/mol. The van der Waals surface area contributed by atoms with E-state index in [1.54, 1.807) is 7.11 Å². The van der Waals surface area contributed by atoms with Crippen molar-refractivity contribution in [1.29, 1.82) is 0 Å². The largest absolute Gasteiger partial charge is 0.496 e. The fraction of sp³-hybridized carbons (Fsp3) is 0.625. The van der Waals surface area contributed by atoms with Gasteiger partial charge in [-0.15, -0.1) is 0 Å². The molecule has 0 saturated carbocycles. The van der Waals surface area contributed by atoms with Crippen LogP contribution in [0.3, 0.4) is 0 Å². The minimum absolute atomic E-state index is 0.380. The minimum atomic E-state index is 0.380. The first kappa shape index (κ1) is 15.7. The molecule has 0 radical (unpaired) electrons. The van der Waals surface area contributed by atoms with Crippen LogP contribution in [0, 0.1) is 0 Å². The van der Waals surface area contributed by atoms with Gasteiger partial charge in [-0.3, -0.25) is 0 Å². The van der Waals surface area contributed by atoms with E-state index < -0.39 is 0 Å². The molecule has 1 unspecified atom stereocenters. The second-order valence-electron chi connectivity index (χ2n) is 5.11. The van der Waals surface area contributed by atoms with Gasteiger partial charge in [0.2, 0.25) is 0 Å². The number of nitrogens with zero attached hydrogens (tertiary/aromatic N) is 1. The molecule has 4 heteroatoms. The van der Waals surface area contributed by atoms with E-state index >= 15 is 0 Å². The van der Waals surface area contributed by atoms with E-state index in [1.807, 2.05) is 12.1 Å². The van der Waals surface area contributed by atoms with Crippen LogP contribution in [0.15, 0.2) is 24.3 Å². The van der Waals surface area contributed by atoms with Gasteiger partial charge in [-0.25, -0.2) is 0 Å². The van der Waals surface area contributed by atoms with E-state index in [4.69, 9.17) is 4.74 Å². The third kappa shape index (κ3) is 4.40. The van der Waals surface area contributed by atoms with Gasteiger partial charge in [-0.05, 0) is 12.5 Å². The number of hydrogen-bond donors (Lipinski definition) is 1. The molecule has 20 heavy (non-hydrogen) atoms. The Kier molecular flexibility index (Phi) is 6.70. The molecule has 112 valence electrons. The van der Waals surface area contributed by atoms with Gasteiger partial charge in [0.15, 0.2) is 0 Å². The third-order valence-electron chi connectivity index (χ3n) is 3.85. The van der Waals surface area contributed by atoms with Crippen LogP contribution in [-0.2, 0) is 0 Å². The molecule has 1 aliphatic rings. The average molecular weight is 294 g/mol. The average Bonchev–Trinajstić information content (AvgIpc) is 2.53. The summed E-state index contributed by atoms with van der Waals surface area (Å²) in [7, 11) is 1.75. The SMILES string of the molecule is CCC(NCCN1CCSCC1)c1ccccc1OC. The second-order valence-corrected chi connectivity index (χ2v) is 6.34. The molecule has 1 aliphatic heterocycles. The monoisotopic (exact) mass is 294 g/mol. The number of thioether (sulfide) groups is 1. The number of para-hydroxylation sites is 1. The lowest BCUT2D eigenvalue weighted by Gasteiger charge is -2.27. The Hall–Kier alpha value is -0.710. The van der Waals surface area contributed by atoms with Crippen LogP contribution < -0.4 is 10.1 Å². The normalized spacial score (nSPS) is 17.9. The van der Waals surface area contributed by atoms with Gasteiger partial charge in [0, 0.05) is 49.3 Å². The predicted molar refractivity (Wildman–Crippen MR) is 87.8 cm³/mol. The molecule has 1 aromatic carbocycles. The summed E-state index contributed by atoms with van der Waals surface area (Å²) in [6.45, 7) is 6.88. The summed E-state index contributed by atoms with van der Waals surface area (Å²) < 4.78 is 5.47. The highest BCUT2D eigenvalue weighted by molar-refractivity contribution is 7.99. The third-order valence-corrected chi connectivity index (χ3v) is 4.79. The summed E-state index contributed by atoms with van der Waals surface area (Å²) in [6, 6.07) is 8.70. The molecule has 0 bridgehead atoms. The molecule has 3 nitrogen and oxygen atoms in total. The van der Waals surface area contributed by atoms with E-state index in [0.717, 1.165) is 25.3 Å². The lowest BCUT2D eigenvalue weighted by Crippen LogP contribution is -2.38. The highest BCUT2D eigenvalue weighted by Gasteiger charge is 2.14. The van der Waals surface area contributed by atoms with Crippen molar-refractivity contribution in [3.63, 3.8) is 0 Å². The molecule has 0 aromatic heterocycles. The maximum absolute atomic E-state index is 5.47. The Morgan fingerprint density at radius 3 is 2.75 bits per heavy atom. The molecule has 1 aromatic rings. The second kappa shape index (κ2) is 8.55.